The number of amides is 1. The molecule has 1 amide bonds. The number of allylic oxidation sites excluding steroid dienone is 2. The summed E-state index contributed by atoms with van der Waals surface area (Å²) in [7, 11) is 2.21. The van der Waals surface area contributed by atoms with Crippen LogP contribution in [0.15, 0.2) is 54.7 Å². The Morgan fingerprint density at radius 1 is 1.18 bits per heavy atom. The standard InChI is InChI=1S/C23H29N3O2/c1-17-5-3-4-6-20(17)16-26(2)14-13-18-7-10-21(11-8-18)28-22-12-9-19(15-25-22)23(24)27/h3-4,7-12,15,17,20H,5-6,13-14,16H2,1-2H3,(H2,24,27). The fourth-order valence-corrected chi connectivity index (χ4v) is 3.50. The van der Waals surface area contributed by atoms with Crippen molar-refractivity contribution in [2.75, 3.05) is 20.1 Å². The van der Waals surface area contributed by atoms with Crippen molar-refractivity contribution in [2.24, 2.45) is 17.6 Å². The van der Waals surface area contributed by atoms with Crippen LogP contribution in [0.25, 0.3) is 0 Å². The lowest BCUT2D eigenvalue weighted by Crippen LogP contribution is -2.31. The van der Waals surface area contributed by atoms with Gasteiger partial charge in [-0.2, -0.15) is 0 Å². The van der Waals surface area contributed by atoms with Crippen LogP contribution >= 0.6 is 0 Å². The van der Waals surface area contributed by atoms with Crippen molar-refractivity contribution in [1.29, 1.82) is 0 Å². The molecule has 1 aromatic carbocycles. The molecule has 1 aromatic heterocycles. The van der Waals surface area contributed by atoms with E-state index in [0.717, 1.165) is 37.1 Å². The number of carbonyl (C=O) groups is 1. The molecule has 148 valence electrons. The van der Waals surface area contributed by atoms with Crippen LogP contribution in [0.3, 0.4) is 0 Å². The highest BCUT2D eigenvalue weighted by atomic mass is 16.5. The minimum absolute atomic E-state index is 0.366. The van der Waals surface area contributed by atoms with E-state index in [2.05, 4.69) is 48.1 Å². The Balaban J connectivity index is 1.47. The molecule has 1 aliphatic rings. The summed E-state index contributed by atoms with van der Waals surface area (Å²) in [5.41, 5.74) is 6.87. The summed E-state index contributed by atoms with van der Waals surface area (Å²) in [5.74, 6) is 2.20. The number of likely N-dealkylation sites (N-methyl/N-ethyl adjacent to an activating group) is 1. The average Bonchev–Trinajstić information content (AvgIpc) is 2.70. The van der Waals surface area contributed by atoms with Crippen LogP contribution in [0.2, 0.25) is 0 Å². The number of hydrogen-bond donors (Lipinski definition) is 1. The maximum Gasteiger partial charge on any atom is 0.250 e. The summed E-state index contributed by atoms with van der Waals surface area (Å²) in [6.07, 6.45) is 9.48. The molecule has 3 rings (SSSR count). The molecule has 0 saturated heterocycles. The van der Waals surface area contributed by atoms with Gasteiger partial charge in [0.05, 0.1) is 5.56 Å². The maximum absolute atomic E-state index is 11.1. The smallest absolute Gasteiger partial charge is 0.250 e. The minimum atomic E-state index is -0.497. The van der Waals surface area contributed by atoms with E-state index < -0.39 is 5.91 Å². The number of pyridine rings is 1. The van der Waals surface area contributed by atoms with Crippen molar-refractivity contribution >= 4 is 5.91 Å². The third-order valence-electron chi connectivity index (χ3n) is 5.41. The zero-order valence-corrected chi connectivity index (χ0v) is 16.7. The highest BCUT2D eigenvalue weighted by molar-refractivity contribution is 5.92. The Bertz CT molecular complexity index is 800. The summed E-state index contributed by atoms with van der Waals surface area (Å²) >= 11 is 0. The van der Waals surface area contributed by atoms with Gasteiger partial charge >= 0.3 is 0 Å². The van der Waals surface area contributed by atoms with Crippen LogP contribution in [0, 0.1) is 11.8 Å². The summed E-state index contributed by atoms with van der Waals surface area (Å²) < 4.78 is 5.73. The van der Waals surface area contributed by atoms with Gasteiger partial charge in [-0.3, -0.25) is 4.79 Å². The van der Waals surface area contributed by atoms with Crippen LogP contribution in [-0.2, 0) is 6.42 Å². The van der Waals surface area contributed by atoms with Crippen molar-refractivity contribution in [3.05, 3.63) is 65.9 Å². The van der Waals surface area contributed by atoms with Crippen LogP contribution in [0.1, 0.15) is 35.7 Å². The number of primary amides is 1. The number of nitrogens with zero attached hydrogens (tertiary/aromatic N) is 2. The molecule has 0 spiro atoms. The first-order valence-electron chi connectivity index (χ1n) is 9.87. The van der Waals surface area contributed by atoms with Gasteiger partial charge in [0.1, 0.15) is 5.75 Å². The molecule has 2 N–H and O–H groups in total. The van der Waals surface area contributed by atoms with Crippen molar-refractivity contribution in [1.82, 2.24) is 9.88 Å². The van der Waals surface area contributed by atoms with Crippen molar-refractivity contribution < 1.29 is 9.53 Å². The molecular weight excluding hydrogens is 350 g/mol. The van der Waals surface area contributed by atoms with Crippen LogP contribution in [0.5, 0.6) is 11.6 Å². The fraction of sp³-hybridized carbons (Fsp3) is 0.391. The summed E-state index contributed by atoms with van der Waals surface area (Å²) in [6.45, 7) is 4.56. The van der Waals surface area contributed by atoms with E-state index in [1.807, 2.05) is 12.1 Å². The highest BCUT2D eigenvalue weighted by Gasteiger charge is 2.19. The van der Waals surface area contributed by atoms with Gasteiger partial charge in [0.25, 0.3) is 0 Å². The van der Waals surface area contributed by atoms with Crippen molar-refractivity contribution in [3.8, 4) is 11.6 Å². The SMILES string of the molecule is CC1CC=CCC1CN(C)CCc1ccc(Oc2ccc(C(N)=O)cn2)cc1. The zero-order valence-electron chi connectivity index (χ0n) is 16.7. The van der Waals surface area contributed by atoms with Crippen molar-refractivity contribution in [3.63, 3.8) is 0 Å². The van der Waals surface area contributed by atoms with Gasteiger partial charge in [0.15, 0.2) is 0 Å². The predicted octanol–water partition coefficient (Wildman–Crippen LogP) is 4.05. The second-order valence-electron chi connectivity index (χ2n) is 7.69. The number of hydrogen-bond acceptors (Lipinski definition) is 4. The fourth-order valence-electron chi connectivity index (χ4n) is 3.50. The lowest BCUT2D eigenvalue weighted by molar-refractivity contribution is 0.1000. The van der Waals surface area contributed by atoms with Gasteiger partial charge < -0.3 is 15.4 Å². The number of benzene rings is 1. The molecule has 0 bridgehead atoms. The largest absolute Gasteiger partial charge is 0.439 e. The normalized spacial score (nSPS) is 19.0. The number of carbonyl (C=O) groups excluding carboxylic acids is 1. The first kappa shape index (κ1) is 20.1. The summed E-state index contributed by atoms with van der Waals surface area (Å²) in [5, 5.41) is 0. The van der Waals surface area contributed by atoms with Crippen molar-refractivity contribution in [2.45, 2.75) is 26.2 Å². The van der Waals surface area contributed by atoms with E-state index in [4.69, 9.17) is 10.5 Å². The van der Waals surface area contributed by atoms with Crippen LogP contribution in [0.4, 0.5) is 0 Å². The molecule has 1 heterocycles. The molecule has 0 radical (unpaired) electrons. The number of rotatable bonds is 8. The van der Waals surface area contributed by atoms with Gasteiger partial charge in [0, 0.05) is 25.4 Å². The maximum atomic E-state index is 11.1. The monoisotopic (exact) mass is 379 g/mol. The van der Waals surface area contributed by atoms with Gasteiger partial charge in [-0.25, -0.2) is 4.98 Å². The second kappa shape index (κ2) is 9.51. The quantitative estimate of drug-likeness (QED) is 0.703. The van der Waals surface area contributed by atoms with E-state index >= 15 is 0 Å². The molecule has 2 aromatic rings. The first-order chi connectivity index (χ1) is 13.5. The number of aromatic nitrogens is 1. The molecule has 2 atom stereocenters. The average molecular weight is 380 g/mol. The molecule has 28 heavy (non-hydrogen) atoms. The van der Waals surface area contributed by atoms with E-state index in [0.29, 0.717) is 11.4 Å². The molecular formula is C23H29N3O2. The molecule has 1 aliphatic carbocycles. The highest BCUT2D eigenvalue weighted by Crippen LogP contribution is 2.25. The Morgan fingerprint density at radius 3 is 2.57 bits per heavy atom. The third kappa shape index (κ3) is 5.67. The Labute approximate surface area is 167 Å². The molecule has 5 nitrogen and oxygen atoms in total. The van der Waals surface area contributed by atoms with Crippen LogP contribution < -0.4 is 10.5 Å². The summed E-state index contributed by atoms with van der Waals surface area (Å²) in [4.78, 5) is 17.6. The van der Waals surface area contributed by atoms with Gasteiger partial charge in [0.2, 0.25) is 11.8 Å². The van der Waals surface area contributed by atoms with E-state index in [1.54, 1.807) is 12.1 Å². The number of nitrogens with two attached hydrogens (primary N) is 1. The van der Waals surface area contributed by atoms with Crippen LogP contribution in [-0.4, -0.2) is 35.9 Å². The Morgan fingerprint density at radius 2 is 1.93 bits per heavy atom. The Kier molecular flexibility index (Phi) is 6.82. The van der Waals surface area contributed by atoms with E-state index in [-0.39, 0.29) is 0 Å². The topological polar surface area (TPSA) is 68.5 Å². The molecule has 0 fully saturated rings. The number of ether oxygens (including phenoxy) is 1. The van der Waals surface area contributed by atoms with Gasteiger partial charge in [-0.15, -0.1) is 0 Å². The first-order valence-corrected chi connectivity index (χ1v) is 9.87. The lowest BCUT2D eigenvalue weighted by atomic mass is 9.84. The molecule has 5 heteroatoms. The second-order valence-corrected chi connectivity index (χ2v) is 7.69. The Hall–Kier alpha value is -2.66. The van der Waals surface area contributed by atoms with Gasteiger partial charge in [-0.05, 0) is 61.9 Å². The zero-order chi connectivity index (χ0) is 19.9. The van der Waals surface area contributed by atoms with Gasteiger partial charge in [-0.1, -0.05) is 31.2 Å². The lowest BCUT2D eigenvalue weighted by Gasteiger charge is -2.29. The minimum Gasteiger partial charge on any atom is -0.439 e. The molecule has 0 aliphatic heterocycles. The van der Waals surface area contributed by atoms with E-state index in [9.17, 15) is 4.79 Å². The predicted molar refractivity (Wildman–Crippen MR) is 111 cm³/mol. The van der Waals surface area contributed by atoms with E-state index in [1.165, 1.54) is 24.6 Å². The molecule has 0 saturated carbocycles. The third-order valence-corrected chi connectivity index (χ3v) is 5.41. The molecule has 2 unspecified atom stereocenters. The summed E-state index contributed by atoms with van der Waals surface area (Å²) in [6, 6.07) is 11.3.